The van der Waals surface area contributed by atoms with Crippen molar-refractivity contribution in [2.45, 2.75) is 37.4 Å². The van der Waals surface area contributed by atoms with Crippen LogP contribution in [0.3, 0.4) is 0 Å². The lowest BCUT2D eigenvalue weighted by Gasteiger charge is -2.16. The molecule has 0 fully saturated rings. The van der Waals surface area contributed by atoms with E-state index in [1.807, 2.05) is 0 Å². The summed E-state index contributed by atoms with van der Waals surface area (Å²) in [6, 6.07) is 3.79. The quantitative estimate of drug-likeness (QED) is 0.927. The number of rotatable bonds is 4. The van der Waals surface area contributed by atoms with E-state index in [-0.39, 0.29) is 5.69 Å². The lowest BCUT2D eigenvalue weighted by Crippen LogP contribution is -2.36. The van der Waals surface area contributed by atoms with E-state index < -0.39 is 38.0 Å². The van der Waals surface area contributed by atoms with Crippen LogP contribution in [0.5, 0.6) is 0 Å². The molecule has 8 heteroatoms. The van der Waals surface area contributed by atoms with Crippen LogP contribution in [-0.4, -0.2) is 24.8 Å². The van der Waals surface area contributed by atoms with Gasteiger partial charge in [0.25, 0.3) is 0 Å². The number of hydrogen-bond donors (Lipinski definition) is 1. The van der Waals surface area contributed by atoms with Gasteiger partial charge in [0.2, 0.25) is 5.91 Å². The molecule has 0 bridgehead atoms. The van der Waals surface area contributed by atoms with Gasteiger partial charge in [0.05, 0.1) is 10.8 Å². The van der Waals surface area contributed by atoms with Crippen molar-refractivity contribution >= 4 is 21.4 Å². The molecule has 1 aromatic carbocycles. The molecule has 0 saturated carbocycles. The van der Waals surface area contributed by atoms with Crippen molar-refractivity contribution in [3.63, 3.8) is 0 Å². The van der Waals surface area contributed by atoms with E-state index in [1.54, 1.807) is 0 Å². The van der Waals surface area contributed by atoms with Crippen LogP contribution in [0.25, 0.3) is 0 Å². The molecular formula is C13H16F3NO3S. The smallest absolute Gasteiger partial charge is 0.325 e. The molecule has 1 rings (SSSR count). The third kappa shape index (κ3) is 4.20. The normalized spacial score (nSPS) is 14.0. The standard InChI is InChI=1S/C13H16F3NO3S/c1-8(2)21(19,20)9(3)12(18)17-11-6-4-10(5-7-11)13(14,15)16/h4-9H,1-3H3,(H,17,18). The minimum atomic E-state index is -4.46. The first kappa shape index (κ1) is 17.5. The number of carbonyl (C=O) groups excluding carboxylic acids is 1. The van der Waals surface area contributed by atoms with E-state index in [2.05, 4.69) is 5.32 Å². The second-order valence-corrected chi connectivity index (χ2v) is 7.67. The third-order valence-electron chi connectivity index (χ3n) is 3.00. The average Bonchev–Trinajstić information content (AvgIpc) is 2.37. The van der Waals surface area contributed by atoms with Crippen molar-refractivity contribution in [3.05, 3.63) is 29.8 Å². The van der Waals surface area contributed by atoms with E-state index in [0.717, 1.165) is 24.3 Å². The Bertz CT molecular complexity index is 607. The SMILES string of the molecule is CC(C)S(=O)(=O)C(C)C(=O)Nc1ccc(C(F)(F)F)cc1. The van der Waals surface area contributed by atoms with Crippen LogP contribution in [-0.2, 0) is 20.8 Å². The van der Waals surface area contributed by atoms with Crippen molar-refractivity contribution in [2.24, 2.45) is 0 Å². The summed E-state index contributed by atoms with van der Waals surface area (Å²) in [6.45, 7) is 4.16. The van der Waals surface area contributed by atoms with Crippen LogP contribution in [0.1, 0.15) is 26.3 Å². The first-order valence-corrected chi connectivity index (χ1v) is 7.78. The third-order valence-corrected chi connectivity index (χ3v) is 5.51. The predicted molar refractivity (Wildman–Crippen MR) is 73.6 cm³/mol. The highest BCUT2D eigenvalue weighted by Gasteiger charge is 2.32. The molecule has 0 aliphatic heterocycles. The minimum absolute atomic E-state index is 0.110. The number of hydrogen-bond acceptors (Lipinski definition) is 3. The summed E-state index contributed by atoms with van der Waals surface area (Å²) in [6.07, 6.45) is -4.46. The molecule has 0 aromatic heterocycles. The van der Waals surface area contributed by atoms with Gasteiger partial charge in [-0.3, -0.25) is 4.79 Å². The zero-order valence-electron chi connectivity index (χ0n) is 11.7. The molecule has 0 heterocycles. The molecule has 21 heavy (non-hydrogen) atoms. The fraction of sp³-hybridized carbons (Fsp3) is 0.462. The topological polar surface area (TPSA) is 63.2 Å². The molecule has 1 aromatic rings. The molecule has 1 atom stereocenters. The second-order valence-electron chi connectivity index (χ2n) is 4.84. The number of benzene rings is 1. The number of nitrogens with one attached hydrogen (secondary N) is 1. The van der Waals surface area contributed by atoms with Crippen LogP contribution in [0.2, 0.25) is 0 Å². The summed E-state index contributed by atoms with van der Waals surface area (Å²) in [5, 5.41) is 0.301. The number of alkyl halides is 3. The molecule has 1 unspecified atom stereocenters. The summed E-state index contributed by atoms with van der Waals surface area (Å²) in [7, 11) is -3.62. The van der Waals surface area contributed by atoms with Gasteiger partial charge in [-0.05, 0) is 45.0 Å². The molecular weight excluding hydrogens is 307 g/mol. The van der Waals surface area contributed by atoms with Crippen LogP contribution in [0, 0.1) is 0 Å². The Labute approximate surface area is 121 Å². The van der Waals surface area contributed by atoms with Crippen LogP contribution >= 0.6 is 0 Å². The minimum Gasteiger partial charge on any atom is -0.325 e. The van der Waals surface area contributed by atoms with Crippen molar-refractivity contribution in [3.8, 4) is 0 Å². The highest BCUT2D eigenvalue weighted by atomic mass is 32.2. The van der Waals surface area contributed by atoms with Crippen LogP contribution in [0.4, 0.5) is 18.9 Å². The van der Waals surface area contributed by atoms with Gasteiger partial charge in [-0.15, -0.1) is 0 Å². The maximum absolute atomic E-state index is 12.4. The fourth-order valence-corrected chi connectivity index (χ4v) is 2.72. The van der Waals surface area contributed by atoms with Gasteiger partial charge in [-0.1, -0.05) is 0 Å². The second kappa shape index (κ2) is 6.05. The number of amides is 1. The lowest BCUT2D eigenvalue weighted by atomic mass is 10.2. The number of halogens is 3. The Kier molecular flexibility index (Phi) is 5.03. The molecule has 1 N–H and O–H groups in total. The summed E-state index contributed by atoms with van der Waals surface area (Å²) in [4.78, 5) is 11.8. The lowest BCUT2D eigenvalue weighted by molar-refractivity contribution is -0.137. The predicted octanol–water partition coefficient (Wildman–Crippen LogP) is 2.86. The molecule has 0 aliphatic carbocycles. The summed E-state index contributed by atoms with van der Waals surface area (Å²) >= 11 is 0. The van der Waals surface area contributed by atoms with Crippen LogP contribution in [0.15, 0.2) is 24.3 Å². The first-order chi connectivity index (χ1) is 9.46. The highest BCUT2D eigenvalue weighted by Crippen LogP contribution is 2.29. The Hall–Kier alpha value is -1.57. The van der Waals surface area contributed by atoms with Crippen molar-refractivity contribution in [2.75, 3.05) is 5.32 Å². The van der Waals surface area contributed by atoms with Gasteiger partial charge in [-0.25, -0.2) is 8.42 Å². The molecule has 1 amide bonds. The van der Waals surface area contributed by atoms with E-state index in [0.29, 0.717) is 0 Å². The Morgan fingerprint density at radius 2 is 1.57 bits per heavy atom. The molecule has 0 saturated heterocycles. The largest absolute Gasteiger partial charge is 0.416 e. The van der Waals surface area contributed by atoms with E-state index in [4.69, 9.17) is 0 Å². The van der Waals surface area contributed by atoms with E-state index >= 15 is 0 Å². The fourth-order valence-electron chi connectivity index (χ4n) is 1.54. The summed E-state index contributed by atoms with van der Waals surface area (Å²) in [5.41, 5.74) is -0.734. The molecule has 0 aliphatic rings. The van der Waals surface area contributed by atoms with Crippen molar-refractivity contribution < 1.29 is 26.4 Å². The van der Waals surface area contributed by atoms with Crippen molar-refractivity contribution in [1.29, 1.82) is 0 Å². The summed E-state index contributed by atoms with van der Waals surface area (Å²) < 4.78 is 60.8. The van der Waals surface area contributed by atoms with Gasteiger partial charge in [0.1, 0.15) is 5.25 Å². The maximum Gasteiger partial charge on any atom is 0.416 e. The van der Waals surface area contributed by atoms with E-state index in [1.165, 1.54) is 20.8 Å². The zero-order valence-corrected chi connectivity index (χ0v) is 12.5. The number of carbonyl (C=O) groups is 1. The van der Waals surface area contributed by atoms with Crippen LogP contribution < -0.4 is 5.32 Å². The Balaban J connectivity index is 2.85. The molecule has 4 nitrogen and oxygen atoms in total. The molecule has 118 valence electrons. The van der Waals surface area contributed by atoms with E-state index in [9.17, 15) is 26.4 Å². The van der Waals surface area contributed by atoms with Gasteiger partial charge < -0.3 is 5.32 Å². The van der Waals surface area contributed by atoms with Gasteiger partial charge in [-0.2, -0.15) is 13.2 Å². The number of anilines is 1. The van der Waals surface area contributed by atoms with Gasteiger partial charge >= 0.3 is 6.18 Å². The van der Waals surface area contributed by atoms with Gasteiger partial charge in [0.15, 0.2) is 9.84 Å². The highest BCUT2D eigenvalue weighted by molar-refractivity contribution is 7.93. The summed E-state index contributed by atoms with van der Waals surface area (Å²) in [5.74, 6) is -0.775. The average molecular weight is 323 g/mol. The monoisotopic (exact) mass is 323 g/mol. The number of sulfone groups is 1. The molecule has 0 spiro atoms. The Morgan fingerprint density at radius 3 is 1.95 bits per heavy atom. The van der Waals surface area contributed by atoms with Gasteiger partial charge in [0, 0.05) is 5.69 Å². The zero-order chi connectivity index (χ0) is 16.4. The van der Waals surface area contributed by atoms with Crippen molar-refractivity contribution in [1.82, 2.24) is 0 Å². The maximum atomic E-state index is 12.4. The first-order valence-electron chi connectivity index (χ1n) is 6.17. The molecule has 0 radical (unpaired) electrons. The Morgan fingerprint density at radius 1 is 1.10 bits per heavy atom.